The van der Waals surface area contributed by atoms with Crippen LogP contribution in [0.2, 0.25) is 10.0 Å². The van der Waals surface area contributed by atoms with Crippen molar-refractivity contribution in [2.24, 2.45) is 5.92 Å². The first-order valence-electron chi connectivity index (χ1n) is 8.38. The Morgan fingerprint density at radius 1 is 1.39 bits per heavy atom. The van der Waals surface area contributed by atoms with Crippen LogP contribution in [0.3, 0.4) is 0 Å². The van der Waals surface area contributed by atoms with Crippen molar-refractivity contribution in [3.05, 3.63) is 33.8 Å². The van der Waals surface area contributed by atoms with Crippen molar-refractivity contribution in [2.45, 2.75) is 22.9 Å². The minimum Gasteiger partial charge on any atom is -0.300 e. The Balaban J connectivity index is 1.66. The highest BCUT2D eigenvalue weighted by Gasteiger charge is 2.33. The normalized spacial score (nSPS) is 18.2. The number of hydrogen-bond acceptors (Lipinski definition) is 7. The molecular formula is C16H18Cl2N4O3S3. The summed E-state index contributed by atoms with van der Waals surface area (Å²) in [4.78, 5) is 12.6. The van der Waals surface area contributed by atoms with E-state index in [-0.39, 0.29) is 18.2 Å². The lowest BCUT2D eigenvalue weighted by Gasteiger charge is -2.31. The number of rotatable bonds is 6. The zero-order valence-electron chi connectivity index (χ0n) is 14.9. The maximum atomic E-state index is 12.8. The van der Waals surface area contributed by atoms with Gasteiger partial charge >= 0.3 is 0 Å². The minimum absolute atomic E-state index is 0.133. The molecule has 1 aliphatic heterocycles. The molecule has 1 N–H and O–H groups in total. The van der Waals surface area contributed by atoms with E-state index in [2.05, 4.69) is 15.5 Å². The maximum absolute atomic E-state index is 12.8. The molecule has 2 heterocycles. The lowest BCUT2D eigenvalue weighted by Crippen LogP contribution is -2.44. The second kappa shape index (κ2) is 9.27. The van der Waals surface area contributed by atoms with Crippen LogP contribution in [0.4, 0.5) is 5.13 Å². The summed E-state index contributed by atoms with van der Waals surface area (Å²) in [7, 11) is -3.61. The van der Waals surface area contributed by atoms with Crippen molar-refractivity contribution in [1.82, 2.24) is 14.5 Å². The summed E-state index contributed by atoms with van der Waals surface area (Å²) in [6, 6.07) is 4.73. The van der Waals surface area contributed by atoms with Gasteiger partial charge in [-0.3, -0.25) is 4.79 Å². The van der Waals surface area contributed by atoms with Crippen LogP contribution in [0.15, 0.2) is 22.5 Å². The lowest BCUT2D eigenvalue weighted by molar-refractivity contribution is -0.120. The zero-order valence-corrected chi connectivity index (χ0v) is 18.9. The Hall–Kier alpha value is -0.910. The Labute approximate surface area is 181 Å². The highest BCUT2D eigenvalue weighted by atomic mass is 35.5. The van der Waals surface area contributed by atoms with E-state index >= 15 is 0 Å². The van der Waals surface area contributed by atoms with E-state index in [1.54, 1.807) is 12.1 Å². The Morgan fingerprint density at radius 3 is 2.86 bits per heavy atom. The second-order valence-electron chi connectivity index (χ2n) is 6.26. The molecule has 0 spiro atoms. The molecule has 0 bridgehead atoms. The number of nitrogens with zero attached hydrogens (tertiary/aromatic N) is 3. The fraction of sp³-hybridized carbons (Fsp3) is 0.438. The second-order valence-corrected chi connectivity index (χ2v) is 11.1. The van der Waals surface area contributed by atoms with Crippen LogP contribution >= 0.6 is 46.3 Å². The number of nitrogens with one attached hydrogen (secondary N) is 1. The SMILES string of the molecule is CSc1nnc(NC(=O)[C@H]2CCCN(S(=O)(=O)Cc3ccc(Cl)cc3Cl)C2)s1. The van der Waals surface area contributed by atoms with Crippen LogP contribution < -0.4 is 5.32 Å². The van der Waals surface area contributed by atoms with Crippen molar-refractivity contribution in [3.63, 3.8) is 0 Å². The number of hydrogen-bond donors (Lipinski definition) is 1. The van der Waals surface area contributed by atoms with Crippen LogP contribution in [0.25, 0.3) is 0 Å². The van der Waals surface area contributed by atoms with Gasteiger partial charge in [-0.2, -0.15) is 0 Å². The molecule has 1 fully saturated rings. The summed E-state index contributed by atoms with van der Waals surface area (Å²) < 4.78 is 27.8. The molecule has 1 saturated heterocycles. The number of aromatic nitrogens is 2. The van der Waals surface area contributed by atoms with Gasteiger partial charge in [0, 0.05) is 23.1 Å². The lowest BCUT2D eigenvalue weighted by atomic mass is 9.99. The molecule has 1 aromatic carbocycles. The smallest absolute Gasteiger partial charge is 0.230 e. The van der Waals surface area contributed by atoms with Crippen LogP contribution in [0, 0.1) is 5.92 Å². The number of carbonyl (C=O) groups is 1. The van der Waals surface area contributed by atoms with Crippen LogP contribution in [-0.4, -0.2) is 48.2 Å². The first-order chi connectivity index (χ1) is 13.3. The van der Waals surface area contributed by atoms with Gasteiger partial charge in [0.1, 0.15) is 0 Å². The number of thioether (sulfide) groups is 1. The molecule has 0 unspecified atom stereocenters. The van der Waals surface area contributed by atoms with Crippen molar-refractivity contribution < 1.29 is 13.2 Å². The van der Waals surface area contributed by atoms with Crippen molar-refractivity contribution in [3.8, 4) is 0 Å². The number of sulfonamides is 1. The van der Waals surface area contributed by atoms with Crippen molar-refractivity contribution in [2.75, 3.05) is 24.7 Å². The Kier molecular flexibility index (Phi) is 7.21. The average molecular weight is 481 g/mol. The average Bonchev–Trinajstić information content (AvgIpc) is 3.12. The molecule has 1 amide bonds. The summed E-state index contributed by atoms with van der Waals surface area (Å²) in [5, 5.41) is 11.8. The third kappa shape index (κ3) is 5.37. The molecule has 1 aliphatic rings. The van der Waals surface area contributed by atoms with E-state index in [0.717, 1.165) is 4.34 Å². The molecule has 12 heteroatoms. The standard InChI is InChI=1S/C16H18Cl2N4O3S3/c1-26-16-21-20-15(27-16)19-14(23)10-3-2-6-22(8-10)28(24,25)9-11-4-5-12(17)7-13(11)18/h4-5,7,10H,2-3,6,8-9H2,1H3,(H,19,20,23)/t10-/m0/s1. The minimum atomic E-state index is -3.61. The molecule has 152 valence electrons. The monoisotopic (exact) mass is 480 g/mol. The molecule has 7 nitrogen and oxygen atoms in total. The molecule has 1 atom stereocenters. The quantitative estimate of drug-likeness (QED) is 0.499. The summed E-state index contributed by atoms with van der Waals surface area (Å²) in [6.07, 6.45) is 3.11. The first-order valence-corrected chi connectivity index (χ1v) is 12.8. The van der Waals surface area contributed by atoms with Crippen LogP contribution in [0.1, 0.15) is 18.4 Å². The van der Waals surface area contributed by atoms with Gasteiger partial charge in [0.2, 0.25) is 21.1 Å². The van der Waals surface area contributed by atoms with E-state index in [0.29, 0.717) is 40.1 Å². The van der Waals surface area contributed by atoms with Gasteiger partial charge in [0.25, 0.3) is 0 Å². The fourth-order valence-electron chi connectivity index (χ4n) is 2.89. The van der Waals surface area contributed by atoms with Gasteiger partial charge in [0.15, 0.2) is 4.34 Å². The number of carbonyl (C=O) groups excluding carboxylic acids is 1. The molecular weight excluding hydrogens is 463 g/mol. The number of piperidine rings is 1. The summed E-state index contributed by atoms with van der Waals surface area (Å²) in [6.45, 7) is 0.514. The van der Waals surface area contributed by atoms with Gasteiger partial charge in [0.05, 0.1) is 11.7 Å². The van der Waals surface area contributed by atoms with Crippen molar-refractivity contribution in [1.29, 1.82) is 0 Å². The van der Waals surface area contributed by atoms with E-state index in [4.69, 9.17) is 23.2 Å². The molecule has 0 aliphatic carbocycles. The topological polar surface area (TPSA) is 92.3 Å². The molecule has 0 radical (unpaired) electrons. The largest absolute Gasteiger partial charge is 0.300 e. The van der Waals surface area contributed by atoms with Gasteiger partial charge in [-0.1, -0.05) is 52.4 Å². The molecule has 3 rings (SSSR count). The van der Waals surface area contributed by atoms with Gasteiger partial charge in [-0.05, 0) is 36.8 Å². The Morgan fingerprint density at radius 2 is 2.18 bits per heavy atom. The van der Waals surface area contributed by atoms with E-state index in [9.17, 15) is 13.2 Å². The number of amides is 1. The van der Waals surface area contributed by atoms with Crippen LogP contribution in [0.5, 0.6) is 0 Å². The maximum Gasteiger partial charge on any atom is 0.230 e. The van der Waals surface area contributed by atoms with Gasteiger partial charge in [-0.15, -0.1) is 10.2 Å². The zero-order chi connectivity index (χ0) is 20.3. The van der Waals surface area contributed by atoms with E-state index in [1.165, 1.54) is 33.5 Å². The molecule has 2 aromatic rings. The fourth-order valence-corrected chi connectivity index (χ4v) is 6.25. The van der Waals surface area contributed by atoms with Crippen molar-refractivity contribution >= 4 is 67.4 Å². The van der Waals surface area contributed by atoms with E-state index in [1.807, 2.05) is 6.26 Å². The van der Waals surface area contributed by atoms with Gasteiger partial charge < -0.3 is 5.32 Å². The number of benzene rings is 1. The van der Waals surface area contributed by atoms with E-state index < -0.39 is 15.9 Å². The Bertz CT molecular complexity index is 968. The highest BCUT2D eigenvalue weighted by Crippen LogP contribution is 2.28. The molecule has 0 saturated carbocycles. The highest BCUT2D eigenvalue weighted by molar-refractivity contribution is 8.00. The van der Waals surface area contributed by atoms with Gasteiger partial charge in [-0.25, -0.2) is 12.7 Å². The van der Waals surface area contributed by atoms with Crippen LogP contribution in [-0.2, 0) is 20.6 Å². The molecule has 28 heavy (non-hydrogen) atoms. The predicted octanol–water partition coefficient (Wildman–Crippen LogP) is 3.75. The summed E-state index contributed by atoms with van der Waals surface area (Å²) in [5.74, 6) is -0.913. The number of anilines is 1. The summed E-state index contributed by atoms with van der Waals surface area (Å²) >= 11 is 14.7. The number of halogens is 2. The predicted molar refractivity (Wildman–Crippen MR) is 114 cm³/mol. The summed E-state index contributed by atoms with van der Waals surface area (Å²) in [5.41, 5.74) is 0.482. The molecule has 1 aromatic heterocycles. The first kappa shape index (κ1) is 21.8. The third-order valence-electron chi connectivity index (χ3n) is 4.31. The third-order valence-corrected chi connectivity index (χ3v) is 8.51.